The number of carbonyl (C=O) groups excluding carboxylic acids is 1. The first-order valence-corrected chi connectivity index (χ1v) is 6.80. The van der Waals surface area contributed by atoms with Crippen LogP contribution in [0.3, 0.4) is 0 Å². The number of H-pyrrole nitrogens is 1. The SMILES string of the molecule is CN(C)C(=O)C1CC(O)CN1c1c[nH]c2ccccc12. The Morgan fingerprint density at radius 2 is 2.15 bits per heavy atom. The number of anilines is 1. The largest absolute Gasteiger partial charge is 0.391 e. The molecule has 20 heavy (non-hydrogen) atoms. The third kappa shape index (κ3) is 2.04. The van der Waals surface area contributed by atoms with Gasteiger partial charge in [-0.2, -0.15) is 0 Å². The predicted octanol–water partition coefficient (Wildman–Crippen LogP) is 1.20. The minimum Gasteiger partial charge on any atom is -0.391 e. The van der Waals surface area contributed by atoms with Crippen molar-refractivity contribution in [1.82, 2.24) is 9.88 Å². The van der Waals surface area contributed by atoms with E-state index in [4.69, 9.17) is 0 Å². The molecule has 1 aromatic heterocycles. The molecule has 2 atom stereocenters. The van der Waals surface area contributed by atoms with E-state index in [-0.39, 0.29) is 11.9 Å². The highest BCUT2D eigenvalue weighted by atomic mass is 16.3. The minimum absolute atomic E-state index is 0.0341. The molecule has 1 saturated heterocycles. The molecule has 2 N–H and O–H groups in total. The van der Waals surface area contributed by atoms with Gasteiger partial charge in [-0.15, -0.1) is 0 Å². The molecule has 1 amide bonds. The standard InChI is InChI=1S/C15H19N3O2/c1-17(2)15(20)13-7-10(19)9-18(13)14-8-16-12-6-4-3-5-11(12)14/h3-6,8,10,13,16,19H,7,9H2,1-2H3. The van der Waals surface area contributed by atoms with Crippen LogP contribution in [0, 0.1) is 0 Å². The minimum atomic E-state index is -0.461. The van der Waals surface area contributed by atoms with Crippen molar-refractivity contribution < 1.29 is 9.90 Å². The van der Waals surface area contributed by atoms with E-state index in [1.165, 1.54) is 0 Å². The van der Waals surface area contributed by atoms with Crippen molar-refractivity contribution in [1.29, 1.82) is 0 Å². The zero-order valence-electron chi connectivity index (χ0n) is 11.7. The number of para-hydroxylation sites is 1. The van der Waals surface area contributed by atoms with Gasteiger partial charge in [-0.25, -0.2) is 0 Å². The lowest BCUT2D eigenvalue weighted by molar-refractivity contribution is -0.130. The first-order valence-electron chi connectivity index (χ1n) is 6.80. The Balaban J connectivity index is 2.01. The van der Waals surface area contributed by atoms with Gasteiger partial charge in [0.25, 0.3) is 0 Å². The number of aliphatic hydroxyl groups is 1. The van der Waals surface area contributed by atoms with Gasteiger partial charge in [0.2, 0.25) is 5.91 Å². The average Bonchev–Trinajstić information content (AvgIpc) is 3.00. The summed E-state index contributed by atoms with van der Waals surface area (Å²) < 4.78 is 0. The van der Waals surface area contributed by atoms with Crippen LogP contribution in [0.5, 0.6) is 0 Å². The fraction of sp³-hybridized carbons (Fsp3) is 0.400. The molecule has 0 aliphatic carbocycles. The van der Waals surface area contributed by atoms with E-state index < -0.39 is 6.10 Å². The van der Waals surface area contributed by atoms with Crippen molar-refractivity contribution in [3.63, 3.8) is 0 Å². The van der Waals surface area contributed by atoms with Gasteiger partial charge in [0.15, 0.2) is 0 Å². The monoisotopic (exact) mass is 273 g/mol. The molecular weight excluding hydrogens is 254 g/mol. The van der Waals surface area contributed by atoms with Crippen LogP contribution in [0.1, 0.15) is 6.42 Å². The van der Waals surface area contributed by atoms with E-state index in [1.54, 1.807) is 19.0 Å². The molecule has 1 fully saturated rings. The number of benzene rings is 1. The number of aromatic nitrogens is 1. The molecular formula is C15H19N3O2. The Morgan fingerprint density at radius 3 is 2.90 bits per heavy atom. The summed E-state index contributed by atoms with van der Waals surface area (Å²) in [5, 5.41) is 11.0. The lowest BCUT2D eigenvalue weighted by Gasteiger charge is -2.27. The Kier molecular flexibility index (Phi) is 3.14. The highest BCUT2D eigenvalue weighted by Crippen LogP contribution is 2.32. The number of hydrogen-bond donors (Lipinski definition) is 2. The summed E-state index contributed by atoms with van der Waals surface area (Å²) in [5.74, 6) is 0.0341. The molecule has 0 saturated carbocycles. The van der Waals surface area contributed by atoms with Gasteiger partial charge < -0.3 is 19.9 Å². The van der Waals surface area contributed by atoms with E-state index >= 15 is 0 Å². The smallest absolute Gasteiger partial charge is 0.244 e. The van der Waals surface area contributed by atoms with Crippen LogP contribution in [-0.2, 0) is 4.79 Å². The highest BCUT2D eigenvalue weighted by molar-refractivity contribution is 5.96. The number of likely N-dealkylation sites (N-methyl/N-ethyl adjacent to an activating group) is 1. The topological polar surface area (TPSA) is 59.6 Å². The van der Waals surface area contributed by atoms with Crippen LogP contribution in [0.4, 0.5) is 5.69 Å². The first kappa shape index (κ1) is 13.0. The molecule has 5 heteroatoms. The summed E-state index contributed by atoms with van der Waals surface area (Å²) in [5.41, 5.74) is 2.03. The van der Waals surface area contributed by atoms with E-state index in [2.05, 4.69) is 4.98 Å². The number of nitrogens with one attached hydrogen (secondary N) is 1. The van der Waals surface area contributed by atoms with Crippen LogP contribution in [0.25, 0.3) is 10.9 Å². The van der Waals surface area contributed by atoms with Crippen molar-refractivity contribution in [3.8, 4) is 0 Å². The summed E-state index contributed by atoms with van der Waals surface area (Å²) in [6.45, 7) is 0.492. The molecule has 1 aliphatic heterocycles. The number of aromatic amines is 1. The maximum Gasteiger partial charge on any atom is 0.244 e. The van der Waals surface area contributed by atoms with Gasteiger partial charge in [-0.3, -0.25) is 4.79 Å². The summed E-state index contributed by atoms with van der Waals surface area (Å²) in [6, 6.07) is 7.70. The number of hydrogen-bond acceptors (Lipinski definition) is 3. The number of carbonyl (C=O) groups is 1. The van der Waals surface area contributed by atoms with Crippen molar-refractivity contribution in [2.45, 2.75) is 18.6 Å². The third-order valence-electron chi connectivity index (χ3n) is 3.88. The first-order chi connectivity index (χ1) is 9.58. The van der Waals surface area contributed by atoms with E-state index in [0.29, 0.717) is 13.0 Å². The predicted molar refractivity (Wildman–Crippen MR) is 78.8 cm³/mol. The summed E-state index contributed by atoms with van der Waals surface area (Å²) >= 11 is 0. The zero-order valence-corrected chi connectivity index (χ0v) is 11.7. The molecule has 1 aromatic carbocycles. The molecule has 106 valence electrons. The molecule has 0 spiro atoms. The molecule has 2 heterocycles. The van der Waals surface area contributed by atoms with Gasteiger partial charge in [-0.05, 0) is 6.07 Å². The van der Waals surface area contributed by atoms with Crippen molar-refractivity contribution in [2.24, 2.45) is 0 Å². The fourth-order valence-corrected chi connectivity index (χ4v) is 2.91. The number of aliphatic hydroxyl groups excluding tert-OH is 1. The van der Waals surface area contributed by atoms with Crippen molar-refractivity contribution >= 4 is 22.5 Å². The molecule has 0 radical (unpaired) electrons. The number of fused-ring (bicyclic) bond motifs is 1. The summed E-state index contributed by atoms with van der Waals surface area (Å²) in [7, 11) is 3.50. The number of β-amino-alcohol motifs (C(OH)–C–C–N with tert-alkyl or cyclic N) is 1. The Hall–Kier alpha value is -2.01. The lowest BCUT2D eigenvalue weighted by Crippen LogP contribution is -2.42. The summed E-state index contributed by atoms with van der Waals surface area (Å²) in [4.78, 5) is 19.1. The van der Waals surface area contributed by atoms with Gasteiger partial charge in [-0.1, -0.05) is 18.2 Å². The van der Waals surface area contributed by atoms with Crippen LogP contribution in [0.2, 0.25) is 0 Å². The maximum absolute atomic E-state index is 12.3. The summed E-state index contributed by atoms with van der Waals surface area (Å²) in [6.07, 6.45) is 1.94. The fourth-order valence-electron chi connectivity index (χ4n) is 2.91. The molecule has 1 aliphatic rings. The molecule has 2 unspecified atom stereocenters. The van der Waals surface area contributed by atoms with Crippen LogP contribution >= 0.6 is 0 Å². The third-order valence-corrected chi connectivity index (χ3v) is 3.88. The lowest BCUT2D eigenvalue weighted by atomic mass is 10.1. The number of nitrogens with zero attached hydrogens (tertiary/aromatic N) is 2. The second-order valence-electron chi connectivity index (χ2n) is 5.51. The average molecular weight is 273 g/mol. The Morgan fingerprint density at radius 1 is 1.40 bits per heavy atom. The van der Waals surface area contributed by atoms with Gasteiger partial charge >= 0.3 is 0 Å². The molecule has 0 bridgehead atoms. The van der Waals surface area contributed by atoms with Crippen LogP contribution < -0.4 is 4.90 Å². The highest BCUT2D eigenvalue weighted by Gasteiger charge is 2.37. The van der Waals surface area contributed by atoms with Gasteiger partial charge in [0, 0.05) is 44.2 Å². The van der Waals surface area contributed by atoms with E-state index in [0.717, 1.165) is 16.6 Å². The maximum atomic E-state index is 12.3. The number of amides is 1. The molecule has 3 rings (SSSR count). The van der Waals surface area contributed by atoms with E-state index in [1.807, 2.05) is 35.4 Å². The Bertz CT molecular complexity index is 635. The van der Waals surface area contributed by atoms with Crippen LogP contribution in [-0.4, -0.2) is 53.7 Å². The van der Waals surface area contributed by atoms with Gasteiger partial charge in [0.05, 0.1) is 11.8 Å². The normalized spacial score (nSPS) is 22.4. The van der Waals surface area contributed by atoms with Crippen LogP contribution in [0.15, 0.2) is 30.5 Å². The molecule has 2 aromatic rings. The van der Waals surface area contributed by atoms with E-state index in [9.17, 15) is 9.90 Å². The Labute approximate surface area is 117 Å². The van der Waals surface area contributed by atoms with Crippen molar-refractivity contribution in [2.75, 3.05) is 25.5 Å². The second kappa shape index (κ2) is 4.83. The van der Waals surface area contributed by atoms with Crippen molar-refractivity contribution in [3.05, 3.63) is 30.5 Å². The quantitative estimate of drug-likeness (QED) is 0.864. The van der Waals surface area contributed by atoms with Gasteiger partial charge in [0.1, 0.15) is 6.04 Å². The molecule has 5 nitrogen and oxygen atoms in total. The second-order valence-corrected chi connectivity index (χ2v) is 5.51. The zero-order chi connectivity index (χ0) is 14.3. The number of rotatable bonds is 2.